The predicted molar refractivity (Wildman–Crippen MR) is 75.3 cm³/mol. The van der Waals surface area contributed by atoms with Gasteiger partial charge in [-0.05, 0) is 39.0 Å². The van der Waals surface area contributed by atoms with Gasteiger partial charge in [0.2, 0.25) is 0 Å². The molecular weight excluding hydrogens is 260 g/mol. The smallest absolute Gasteiger partial charge is 0.330 e. The average Bonchev–Trinajstić information content (AvgIpc) is 3.27. The van der Waals surface area contributed by atoms with Crippen LogP contribution in [-0.4, -0.2) is 45.3 Å². The van der Waals surface area contributed by atoms with Crippen LogP contribution in [-0.2, 0) is 23.7 Å². The first-order valence-electron chi connectivity index (χ1n) is 7.30. The van der Waals surface area contributed by atoms with E-state index in [-0.39, 0.29) is 18.4 Å². The monoisotopic (exact) mass is 286 g/mol. The number of hydrogen-bond donors (Lipinski definition) is 0. The SMILES string of the molecule is CCOC(COC(C/C=C/C(=O)OC)C1CC1)OCC. The van der Waals surface area contributed by atoms with Gasteiger partial charge in [-0.1, -0.05) is 6.08 Å². The van der Waals surface area contributed by atoms with Gasteiger partial charge < -0.3 is 18.9 Å². The summed E-state index contributed by atoms with van der Waals surface area (Å²) in [6.07, 6.45) is 6.15. The van der Waals surface area contributed by atoms with Crippen LogP contribution in [0, 0.1) is 5.92 Å². The van der Waals surface area contributed by atoms with Gasteiger partial charge in [-0.25, -0.2) is 4.79 Å². The second-order valence-corrected chi connectivity index (χ2v) is 4.71. The Morgan fingerprint density at radius 1 is 1.20 bits per heavy atom. The maximum atomic E-state index is 11.0. The zero-order valence-corrected chi connectivity index (χ0v) is 12.7. The number of methoxy groups -OCH3 is 1. The molecule has 0 amide bonds. The lowest BCUT2D eigenvalue weighted by Gasteiger charge is -2.21. The van der Waals surface area contributed by atoms with Crippen LogP contribution in [0.25, 0.3) is 0 Å². The molecule has 5 nitrogen and oxygen atoms in total. The minimum Gasteiger partial charge on any atom is -0.466 e. The van der Waals surface area contributed by atoms with Crippen molar-refractivity contribution in [3.05, 3.63) is 12.2 Å². The van der Waals surface area contributed by atoms with Crippen LogP contribution in [0.2, 0.25) is 0 Å². The Morgan fingerprint density at radius 2 is 1.85 bits per heavy atom. The molecule has 1 atom stereocenters. The largest absolute Gasteiger partial charge is 0.466 e. The lowest BCUT2D eigenvalue weighted by Crippen LogP contribution is -2.27. The lowest BCUT2D eigenvalue weighted by molar-refractivity contribution is -0.177. The van der Waals surface area contributed by atoms with Gasteiger partial charge in [-0.2, -0.15) is 0 Å². The standard InChI is InChI=1S/C15H26O5/c1-4-18-15(19-5-2)11-20-13(12-9-10-12)7-6-8-14(16)17-3/h6,8,12-13,15H,4-5,7,9-11H2,1-3H3/b8-6+. The van der Waals surface area contributed by atoms with Crippen molar-refractivity contribution in [1.82, 2.24) is 0 Å². The van der Waals surface area contributed by atoms with E-state index >= 15 is 0 Å². The van der Waals surface area contributed by atoms with Crippen LogP contribution in [0.3, 0.4) is 0 Å². The third kappa shape index (κ3) is 7.03. The highest BCUT2D eigenvalue weighted by atomic mass is 16.7. The van der Waals surface area contributed by atoms with Crippen molar-refractivity contribution in [3.8, 4) is 0 Å². The fourth-order valence-electron chi connectivity index (χ4n) is 1.95. The van der Waals surface area contributed by atoms with Crippen LogP contribution >= 0.6 is 0 Å². The lowest BCUT2D eigenvalue weighted by atomic mass is 10.1. The van der Waals surface area contributed by atoms with E-state index in [1.54, 1.807) is 0 Å². The molecule has 0 spiro atoms. The summed E-state index contributed by atoms with van der Waals surface area (Å²) in [6, 6.07) is 0. The van der Waals surface area contributed by atoms with Crippen LogP contribution in [0.15, 0.2) is 12.2 Å². The number of hydrogen-bond acceptors (Lipinski definition) is 5. The van der Waals surface area contributed by atoms with Crippen molar-refractivity contribution in [2.75, 3.05) is 26.9 Å². The van der Waals surface area contributed by atoms with Gasteiger partial charge in [0.15, 0.2) is 6.29 Å². The first-order chi connectivity index (χ1) is 9.71. The third-order valence-electron chi connectivity index (χ3n) is 3.12. The van der Waals surface area contributed by atoms with Crippen LogP contribution in [0.5, 0.6) is 0 Å². The summed E-state index contributed by atoms with van der Waals surface area (Å²) in [7, 11) is 1.37. The van der Waals surface area contributed by atoms with Gasteiger partial charge in [-0.15, -0.1) is 0 Å². The Bertz CT molecular complexity index is 293. The number of rotatable bonds is 11. The van der Waals surface area contributed by atoms with Crippen LogP contribution in [0.4, 0.5) is 0 Å². The number of ether oxygens (including phenoxy) is 4. The Kier molecular flexibility index (Phi) is 8.49. The number of carbonyl (C=O) groups excluding carboxylic acids is 1. The van der Waals surface area contributed by atoms with Crippen molar-refractivity contribution < 1.29 is 23.7 Å². The molecule has 1 fully saturated rings. The summed E-state index contributed by atoms with van der Waals surface area (Å²) in [6.45, 7) is 5.50. The summed E-state index contributed by atoms with van der Waals surface area (Å²) in [5, 5.41) is 0. The van der Waals surface area contributed by atoms with Gasteiger partial charge in [0.1, 0.15) is 0 Å². The topological polar surface area (TPSA) is 54.0 Å². The fraction of sp³-hybridized carbons (Fsp3) is 0.800. The van der Waals surface area contributed by atoms with Crippen LogP contribution < -0.4 is 0 Å². The maximum Gasteiger partial charge on any atom is 0.330 e. The van der Waals surface area contributed by atoms with Crippen molar-refractivity contribution in [2.45, 2.75) is 45.5 Å². The first kappa shape index (κ1) is 17.1. The van der Waals surface area contributed by atoms with Gasteiger partial charge in [0, 0.05) is 19.3 Å². The molecule has 0 aromatic carbocycles. The summed E-state index contributed by atoms with van der Waals surface area (Å²) in [5.74, 6) is 0.252. The molecule has 20 heavy (non-hydrogen) atoms. The molecule has 1 aliphatic rings. The summed E-state index contributed by atoms with van der Waals surface area (Å²) in [5.41, 5.74) is 0. The minimum absolute atomic E-state index is 0.124. The molecule has 116 valence electrons. The molecule has 0 saturated heterocycles. The van der Waals surface area contributed by atoms with Crippen molar-refractivity contribution in [2.24, 2.45) is 5.92 Å². The quantitative estimate of drug-likeness (QED) is 0.331. The molecule has 5 heteroatoms. The van der Waals surface area contributed by atoms with Crippen molar-refractivity contribution in [1.29, 1.82) is 0 Å². The average molecular weight is 286 g/mol. The number of esters is 1. The van der Waals surface area contributed by atoms with E-state index < -0.39 is 0 Å². The molecule has 0 aliphatic heterocycles. The minimum atomic E-state index is -0.332. The molecule has 1 unspecified atom stereocenters. The van der Waals surface area contributed by atoms with Crippen molar-refractivity contribution >= 4 is 5.97 Å². The molecule has 0 aromatic heterocycles. The highest BCUT2D eigenvalue weighted by Gasteiger charge is 2.31. The van der Waals surface area contributed by atoms with Crippen LogP contribution in [0.1, 0.15) is 33.1 Å². The van der Waals surface area contributed by atoms with Gasteiger partial charge >= 0.3 is 5.97 Å². The fourth-order valence-corrected chi connectivity index (χ4v) is 1.95. The molecular formula is C15H26O5. The zero-order chi connectivity index (χ0) is 14.8. The Hall–Kier alpha value is -0.910. The summed E-state index contributed by atoms with van der Waals surface area (Å²) < 4.78 is 21.4. The van der Waals surface area contributed by atoms with Crippen molar-refractivity contribution in [3.63, 3.8) is 0 Å². The molecule has 0 radical (unpaired) electrons. The Labute approximate surface area is 121 Å². The third-order valence-corrected chi connectivity index (χ3v) is 3.12. The second kappa shape index (κ2) is 9.91. The van der Waals surface area contributed by atoms with E-state index in [1.807, 2.05) is 19.9 Å². The summed E-state index contributed by atoms with van der Waals surface area (Å²) >= 11 is 0. The molecule has 1 aliphatic carbocycles. The Morgan fingerprint density at radius 3 is 2.35 bits per heavy atom. The molecule has 0 bridgehead atoms. The molecule has 1 rings (SSSR count). The van der Waals surface area contributed by atoms with E-state index in [0.717, 1.165) is 0 Å². The molecule has 0 aromatic rings. The van der Waals surface area contributed by atoms with E-state index in [2.05, 4.69) is 4.74 Å². The highest BCUT2D eigenvalue weighted by molar-refractivity contribution is 5.81. The number of carbonyl (C=O) groups is 1. The molecule has 0 heterocycles. The zero-order valence-electron chi connectivity index (χ0n) is 12.7. The second-order valence-electron chi connectivity index (χ2n) is 4.71. The molecule has 1 saturated carbocycles. The van der Waals surface area contributed by atoms with Gasteiger partial charge in [0.05, 0.1) is 19.8 Å². The first-order valence-corrected chi connectivity index (χ1v) is 7.30. The molecule has 0 N–H and O–H groups in total. The Balaban J connectivity index is 2.34. The normalized spacial score (nSPS) is 16.8. The summed E-state index contributed by atoms with van der Waals surface area (Å²) in [4.78, 5) is 11.0. The van der Waals surface area contributed by atoms with E-state index in [9.17, 15) is 4.79 Å². The predicted octanol–water partition coefficient (Wildman–Crippen LogP) is 2.30. The van der Waals surface area contributed by atoms with E-state index in [0.29, 0.717) is 32.2 Å². The van der Waals surface area contributed by atoms with E-state index in [4.69, 9.17) is 14.2 Å². The highest BCUT2D eigenvalue weighted by Crippen LogP contribution is 2.36. The maximum absolute atomic E-state index is 11.0. The van der Waals surface area contributed by atoms with Gasteiger partial charge in [0.25, 0.3) is 0 Å². The van der Waals surface area contributed by atoms with Gasteiger partial charge in [-0.3, -0.25) is 0 Å². The van der Waals surface area contributed by atoms with E-state index in [1.165, 1.54) is 26.0 Å².